The van der Waals surface area contributed by atoms with Crippen LogP contribution in [0.2, 0.25) is 0 Å². The van der Waals surface area contributed by atoms with Crippen molar-refractivity contribution in [3.05, 3.63) is 159 Å². The van der Waals surface area contributed by atoms with E-state index in [0.717, 1.165) is 5.56 Å². The van der Waals surface area contributed by atoms with E-state index < -0.39 is 10.7 Å². The fourth-order valence-corrected chi connectivity index (χ4v) is 6.55. The summed E-state index contributed by atoms with van der Waals surface area (Å²) < 4.78 is -1.32. The van der Waals surface area contributed by atoms with Crippen LogP contribution in [0.15, 0.2) is 132 Å². The molecule has 0 spiro atoms. The highest BCUT2D eigenvalue weighted by atomic mass is 32.2. The number of benzene rings is 4. The minimum Gasteiger partial charge on any atom is -0.360 e. The van der Waals surface area contributed by atoms with Gasteiger partial charge < -0.3 is 10.2 Å². The summed E-state index contributed by atoms with van der Waals surface area (Å²) in [6.07, 6.45) is 0. The van der Waals surface area contributed by atoms with E-state index in [1.165, 1.54) is 11.8 Å². The molecule has 1 heterocycles. The molecule has 4 aromatic rings. The van der Waals surface area contributed by atoms with Crippen LogP contribution in [0.4, 0.5) is 5.69 Å². The first-order valence-electron chi connectivity index (χ1n) is 12.3. The third kappa shape index (κ3) is 4.80. The van der Waals surface area contributed by atoms with Gasteiger partial charge in [0.25, 0.3) is 5.70 Å². The van der Waals surface area contributed by atoms with E-state index in [1.54, 1.807) is 0 Å². The summed E-state index contributed by atoms with van der Waals surface area (Å²) in [6.45, 7) is 0.465. The summed E-state index contributed by atoms with van der Waals surface area (Å²) >= 11 is 1.26. The number of thioether (sulfide) groups is 1. The van der Waals surface area contributed by atoms with Gasteiger partial charge in [-0.2, -0.15) is 0 Å². The van der Waals surface area contributed by atoms with Crippen LogP contribution in [-0.2, 0) is 16.1 Å². The standard InChI is InChI=1S/C31H27N3O3S/c1-33(22-23-14-6-2-7-15-23)29-28(34(36)37)27(24-16-8-3-9-17-24)31(38-29,25-18-10-4-11-19-25)30(35)32-26-20-12-5-13-21-26/h2-21,27H,22H2,1H3,(H,32,35)/t27-,31+/m1/s1. The van der Waals surface area contributed by atoms with Gasteiger partial charge in [0.1, 0.15) is 15.7 Å². The number of para-hydroxylation sites is 1. The predicted molar refractivity (Wildman–Crippen MR) is 152 cm³/mol. The van der Waals surface area contributed by atoms with Gasteiger partial charge in [0.2, 0.25) is 5.91 Å². The lowest BCUT2D eigenvalue weighted by molar-refractivity contribution is -0.431. The Morgan fingerprint density at radius 1 is 0.868 bits per heavy atom. The maximum absolute atomic E-state index is 14.4. The van der Waals surface area contributed by atoms with E-state index in [1.807, 2.05) is 133 Å². The molecular formula is C31H27N3O3S. The molecule has 0 aliphatic carbocycles. The van der Waals surface area contributed by atoms with Crippen molar-refractivity contribution in [2.75, 3.05) is 12.4 Å². The van der Waals surface area contributed by atoms with Gasteiger partial charge in [0.15, 0.2) is 0 Å². The zero-order chi connectivity index (χ0) is 26.5. The van der Waals surface area contributed by atoms with Crippen molar-refractivity contribution in [3.63, 3.8) is 0 Å². The van der Waals surface area contributed by atoms with Crippen molar-refractivity contribution in [1.82, 2.24) is 4.90 Å². The van der Waals surface area contributed by atoms with Crippen molar-refractivity contribution in [1.29, 1.82) is 0 Å². The highest BCUT2D eigenvalue weighted by Crippen LogP contribution is 2.61. The lowest BCUT2D eigenvalue weighted by Gasteiger charge is -2.34. The number of hydrogen-bond donors (Lipinski definition) is 1. The second-order valence-corrected chi connectivity index (χ2v) is 10.4. The number of rotatable bonds is 8. The summed E-state index contributed by atoms with van der Waals surface area (Å²) in [5, 5.41) is 16.4. The molecule has 190 valence electrons. The Labute approximate surface area is 226 Å². The molecule has 1 aliphatic heterocycles. The fourth-order valence-electron chi connectivity index (χ4n) is 4.97. The number of nitrogens with one attached hydrogen (secondary N) is 1. The zero-order valence-corrected chi connectivity index (χ0v) is 21.7. The smallest absolute Gasteiger partial charge is 0.285 e. The van der Waals surface area contributed by atoms with E-state index in [0.29, 0.717) is 28.4 Å². The number of carbonyl (C=O) groups excluding carboxylic acids is 1. The summed E-state index contributed by atoms with van der Waals surface area (Å²) in [7, 11) is 1.84. The van der Waals surface area contributed by atoms with Gasteiger partial charge in [-0.05, 0) is 28.8 Å². The molecule has 1 aliphatic rings. The lowest BCUT2D eigenvalue weighted by atomic mass is 9.78. The van der Waals surface area contributed by atoms with Gasteiger partial charge >= 0.3 is 0 Å². The summed E-state index contributed by atoms with van der Waals surface area (Å²) in [4.78, 5) is 28.8. The van der Waals surface area contributed by atoms with Gasteiger partial charge in [-0.25, -0.2) is 0 Å². The van der Waals surface area contributed by atoms with E-state index in [9.17, 15) is 14.9 Å². The molecule has 0 unspecified atom stereocenters. The molecule has 5 rings (SSSR count). The van der Waals surface area contributed by atoms with Crippen LogP contribution in [0.5, 0.6) is 0 Å². The van der Waals surface area contributed by atoms with Crippen LogP contribution in [0.3, 0.4) is 0 Å². The molecule has 4 aromatic carbocycles. The second-order valence-electron chi connectivity index (χ2n) is 9.16. The molecule has 0 aromatic heterocycles. The number of allylic oxidation sites excluding steroid dienone is 1. The monoisotopic (exact) mass is 521 g/mol. The zero-order valence-electron chi connectivity index (χ0n) is 20.9. The highest BCUT2D eigenvalue weighted by molar-refractivity contribution is 8.05. The molecule has 0 radical (unpaired) electrons. The number of anilines is 1. The minimum atomic E-state index is -1.32. The molecule has 1 amide bonds. The Balaban J connectivity index is 1.70. The fraction of sp³-hybridized carbons (Fsp3) is 0.129. The first-order chi connectivity index (χ1) is 18.5. The van der Waals surface area contributed by atoms with Gasteiger partial charge in [0, 0.05) is 19.3 Å². The highest BCUT2D eigenvalue weighted by Gasteiger charge is 2.61. The Hall–Kier alpha value is -4.36. The quantitative estimate of drug-likeness (QED) is 0.208. The Bertz CT molecular complexity index is 1450. The number of carbonyl (C=O) groups is 1. The minimum absolute atomic E-state index is 0.0201. The third-order valence-corrected chi connectivity index (χ3v) is 8.36. The molecule has 2 atom stereocenters. The summed E-state index contributed by atoms with van der Waals surface area (Å²) in [5.41, 5.74) is 3.09. The van der Waals surface area contributed by atoms with Crippen LogP contribution < -0.4 is 5.32 Å². The van der Waals surface area contributed by atoms with Crippen LogP contribution in [-0.4, -0.2) is 22.8 Å². The van der Waals surface area contributed by atoms with Gasteiger partial charge in [-0.15, -0.1) is 0 Å². The number of hydrogen-bond acceptors (Lipinski definition) is 5. The number of amides is 1. The van der Waals surface area contributed by atoms with Crippen LogP contribution in [0, 0.1) is 10.1 Å². The van der Waals surface area contributed by atoms with Crippen LogP contribution in [0.1, 0.15) is 22.6 Å². The van der Waals surface area contributed by atoms with E-state index in [2.05, 4.69) is 5.32 Å². The molecule has 7 heteroatoms. The second kappa shape index (κ2) is 10.9. The van der Waals surface area contributed by atoms with E-state index >= 15 is 0 Å². The van der Waals surface area contributed by atoms with Gasteiger partial charge in [-0.1, -0.05) is 121 Å². The third-order valence-electron chi connectivity index (χ3n) is 6.67. The summed E-state index contributed by atoms with van der Waals surface area (Å²) in [5.74, 6) is -1.14. The molecule has 0 fully saturated rings. The molecule has 0 saturated carbocycles. The topological polar surface area (TPSA) is 75.5 Å². The van der Waals surface area contributed by atoms with E-state index in [-0.39, 0.29) is 16.5 Å². The normalized spacial score (nSPS) is 18.7. The molecule has 0 bridgehead atoms. The van der Waals surface area contributed by atoms with Crippen LogP contribution >= 0.6 is 11.8 Å². The predicted octanol–water partition coefficient (Wildman–Crippen LogP) is 6.63. The molecule has 0 saturated heterocycles. The lowest BCUT2D eigenvalue weighted by Crippen LogP contribution is -2.42. The summed E-state index contributed by atoms with van der Waals surface area (Å²) in [6, 6.07) is 37.7. The van der Waals surface area contributed by atoms with Crippen LogP contribution in [0.25, 0.3) is 0 Å². The molecular weight excluding hydrogens is 494 g/mol. The average molecular weight is 522 g/mol. The molecule has 1 N–H and O–H groups in total. The molecule has 6 nitrogen and oxygen atoms in total. The Morgan fingerprint density at radius 2 is 1.39 bits per heavy atom. The Kier molecular flexibility index (Phi) is 7.29. The van der Waals surface area contributed by atoms with Crippen molar-refractivity contribution in [3.8, 4) is 0 Å². The average Bonchev–Trinajstić information content (AvgIpc) is 3.33. The SMILES string of the molecule is CN(Cc1ccccc1)C1=C([N+](=O)[O-])[C@@H](c2ccccc2)[C@](C(=O)Nc2ccccc2)(c2ccccc2)S1. The first-order valence-corrected chi connectivity index (χ1v) is 13.1. The maximum atomic E-state index is 14.4. The van der Waals surface area contributed by atoms with Crippen molar-refractivity contribution >= 4 is 23.4 Å². The number of nitrogens with zero attached hydrogens (tertiary/aromatic N) is 2. The maximum Gasteiger partial charge on any atom is 0.285 e. The van der Waals surface area contributed by atoms with Crippen molar-refractivity contribution in [2.24, 2.45) is 0 Å². The van der Waals surface area contributed by atoms with Gasteiger partial charge in [0.05, 0.1) is 4.92 Å². The largest absolute Gasteiger partial charge is 0.360 e. The van der Waals surface area contributed by atoms with Gasteiger partial charge in [-0.3, -0.25) is 14.9 Å². The van der Waals surface area contributed by atoms with Crippen molar-refractivity contribution < 1.29 is 9.72 Å². The molecule has 38 heavy (non-hydrogen) atoms. The van der Waals surface area contributed by atoms with E-state index in [4.69, 9.17) is 0 Å². The Morgan fingerprint density at radius 3 is 1.97 bits per heavy atom. The first kappa shape index (κ1) is 25.3. The van der Waals surface area contributed by atoms with Crippen molar-refractivity contribution in [2.45, 2.75) is 17.2 Å². The number of nitro groups is 1.